The number of hydrogen-bond acceptors (Lipinski definition) is 5. The van der Waals surface area contributed by atoms with Crippen molar-refractivity contribution in [2.45, 2.75) is 32.6 Å². The van der Waals surface area contributed by atoms with Gasteiger partial charge in [-0.1, -0.05) is 13.8 Å². The van der Waals surface area contributed by atoms with Gasteiger partial charge in [-0.2, -0.15) is 0 Å². The van der Waals surface area contributed by atoms with E-state index >= 15 is 0 Å². The summed E-state index contributed by atoms with van der Waals surface area (Å²) in [6.07, 6.45) is 1.76. The van der Waals surface area contributed by atoms with Crippen LogP contribution in [-0.2, 0) is 0 Å². The summed E-state index contributed by atoms with van der Waals surface area (Å²) in [5.41, 5.74) is 7.22. The lowest BCUT2D eigenvalue weighted by Gasteiger charge is -2.32. The van der Waals surface area contributed by atoms with E-state index in [0.29, 0.717) is 30.9 Å². The summed E-state index contributed by atoms with van der Waals surface area (Å²) in [6, 6.07) is 7.12. The highest BCUT2D eigenvalue weighted by Crippen LogP contribution is 2.20. The first-order valence-corrected chi connectivity index (χ1v) is 9.81. The summed E-state index contributed by atoms with van der Waals surface area (Å²) in [6.45, 7) is 5.59. The number of benzene rings is 1. The molecule has 3 N–H and O–H groups in total. The van der Waals surface area contributed by atoms with Crippen molar-refractivity contribution in [3.63, 3.8) is 0 Å². The molecule has 3 rings (SSSR count). The van der Waals surface area contributed by atoms with Gasteiger partial charge in [0.25, 0.3) is 11.8 Å². The fourth-order valence-corrected chi connectivity index (χ4v) is 3.41. The molecule has 7 nitrogen and oxygen atoms in total. The Balaban J connectivity index is 1.61. The molecular weight excluding hydrogens is 373 g/mol. The van der Waals surface area contributed by atoms with Crippen LogP contribution in [0.1, 0.15) is 59.1 Å². The number of hydrogen-bond donors (Lipinski definition) is 2. The minimum absolute atomic E-state index is 0.0969. The molecule has 0 radical (unpaired) electrons. The average molecular weight is 399 g/mol. The van der Waals surface area contributed by atoms with Crippen LogP contribution < -0.4 is 11.1 Å². The van der Waals surface area contributed by atoms with Crippen LogP contribution in [-0.4, -0.2) is 46.3 Å². The quantitative estimate of drug-likeness (QED) is 0.805. The van der Waals surface area contributed by atoms with Gasteiger partial charge in [0.05, 0.1) is 0 Å². The van der Waals surface area contributed by atoms with Gasteiger partial charge in [-0.3, -0.25) is 9.59 Å². The number of nitrogen functional groups attached to an aromatic ring is 1. The average Bonchev–Trinajstić information content (AvgIpc) is 2.71. The van der Waals surface area contributed by atoms with Gasteiger partial charge in [-0.25, -0.2) is 14.4 Å². The van der Waals surface area contributed by atoms with Crippen LogP contribution in [0.2, 0.25) is 0 Å². The predicted molar refractivity (Wildman–Crippen MR) is 108 cm³/mol. The van der Waals surface area contributed by atoms with E-state index < -0.39 is 0 Å². The first kappa shape index (κ1) is 20.7. The van der Waals surface area contributed by atoms with Gasteiger partial charge < -0.3 is 16.0 Å². The van der Waals surface area contributed by atoms with Gasteiger partial charge in [0.1, 0.15) is 11.5 Å². The Labute approximate surface area is 169 Å². The molecular formula is C21H26FN5O2. The number of nitrogens with two attached hydrogens (primary N) is 1. The maximum absolute atomic E-state index is 13.0. The largest absolute Gasteiger partial charge is 0.368 e. The van der Waals surface area contributed by atoms with Gasteiger partial charge in [-0.15, -0.1) is 0 Å². The number of likely N-dealkylation sites (tertiary alicyclic amines) is 1. The molecule has 1 fully saturated rings. The Hall–Kier alpha value is -3.03. The lowest BCUT2D eigenvalue weighted by Crippen LogP contribution is -2.44. The van der Waals surface area contributed by atoms with E-state index in [4.69, 9.17) is 5.73 Å². The molecule has 0 spiro atoms. The predicted octanol–water partition coefficient (Wildman–Crippen LogP) is 2.60. The van der Waals surface area contributed by atoms with Crippen molar-refractivity contribution < 1.29 is 14.0 Å². The lowest BCUT2D eigenvalue weighted by molar-refractivity contribution is 0.0665. The van der Waals surface area contributed by atoms with Crippen LogP contribution in [0.15, 0.2) is 30.3 Å². The zero-order chi connectivity index (χ0) is 21.0. The van der Waals surface area contributed by atoms with E-state index in [1.54, 1.807) is 11.0 Å². The standard InChI is InChI=1S/C21H26FN5O2/c1-13(2)17-10-18(26-21(23)25-17)20(29)27-9-3-4-14(12-27)11-24-19(28)15-5-7-16(22)8-6-15/h5-8,10,13-14H,3-4,9,11-12H2,1-2H3,(H,24,28)(H2,23,25,26)/t14-/m0/s1. The van der Waals surface area contributed by atoms with Crippen molar-refractivity contribution in [1.29, 1.82) is 0 Å². The number of nitrogens with one attached hydrogen (secondary N) is 1. The fourth-order valence-electron chi connectivity index (χ4n) is 3.41. The highest BCUT2D eigenvalue weighted by molar-refractivity contribution is 5.94. The van der Waals surface area contributed by atoms with E-state index in [2.05, 4.69) is 15.3 Å². The van der Waals surface area contributed by atoms with Gasteiger partial charge in [0.15, 0.2) is 0 Å². The highest BCUT2D eigenvalue weighted by Gasteiger charge is 2.26. The van der Waals surface area contributed by atoms with Crippen molar-refractivity contribution in [3.8, 4) is 0 Å². The maximum Gasteiger partial charge on any atom is 0.272 e. The first-order chi connectivity index (χ1) is 13.8. The zero-order valence-corrected chi connectivity index (χ0v) is 16.7. The molecule has 0 aliphatic carbocycles. The van der Waals surface area contributed by atoms with Gasteiger partial charge >= 0.3 is 0 Å². The zero-order valence-electron chi connectivity index (χ0n) is 16.7. The third-order valence-corrected chi connectivity index (χ3v) is 5.04. The molecule has 1 aromatic carbocycles. The lowest BCUT2D eigenvalue weighted by atomic mass is 9.97. The van der Waals surface area contributed by atoms with E-state index in [1.807, 2.05) is 13.8 Å². The number of halogens is 1. The summed E-state index contributed by atoms with van der Waals surface area (Å²) in [5, 5.41) is 2.88. The number of nitrogens with zero attached hydrogens (tertiary/aromatic N) is 3. The minimum atomic E-state index is -0.381. The van der Waals surface area contributed by atoms with Crippen molar-refractivity contribution in [3.05, 3.63) is 53.1 Å². The molecule has 1 saturated heterocycles. The summed E-state index contributed by atoms with van der Waals surface area (Å²) in [4.78, 5) is 35.2. The molecule has 2 amide bonds. The van der Waals surface area contributed by atoms with Crippen LogP contribution in [0.5, 0.6) is 0 Å². The van der Waals surface area contributed by atoms with E-state index in [1.165, 1.54) is 24.3 Å². The van der Waals surface area contributed by atoms with E-state index in [0.717, 1.165) is 18.5 Å². The van der Waals surface area contributed by atoms with Crippen molar-refractivity contribution >= 4 is 17.8 Å². The van der Waals surface area contributed by atoms with Crippen LogP contribution in [0, 0.1) is 11.7 Å². The maximum atomic E-state index is 13.0. The van der Waals surface area contributed by atoms with Gasteiger partial charge in [0, 0.05) is 30.9 Å². The third kappa shape index (κ3) is 5.28. The molecule has 0 saturated carbocycles. The molecule has 154 valence electrons. The highest BCUT2D eigenvalue weighted by atomic mass is 19.1. The topological polar surface area (TPSA) is 101 Å². The first-order valence-electron chi connectivity index (χ1n) is 9.81. The van der Waals surface area contributed by atoms with E-state index in [9.17, 15) is 14.0 Å². The molecule has 2 heterocycles. The Kier molecular flexibility index (Phi) is 6.41. The Morgan fingerprint density at radius 2 is 2.00 bits per heavy atom. The Bertz CT molecular complexity index is 885. The number of aromatic nitrogens is 2. The monoisotopic (exact) mass is 399 g/mol. The van der Waals surface area contributed by atoms with E-state index in [-0.39, 0.29) is 35.4 Å². The molecule has 29 heavy (non-hydrogen) atoms. The minimum Gasteiger partial charge on any atom is -0.368 e. The Morgan fingerprint density at radius 3 is 2.69 bits per heavy atom. The number of rotatable bonds is 5. The number of amides is 2. The molecule has 1 aliphatic heterocycles. The molecule has 0 bridgehead atoms. The second-order valence-electron chi connectivity index (χ2n) is 7.67. The summed E-state index contributed by atoms with van der Waals surface area (Å²) in [7, 11) is 0. The Morgan fingerprint density at radius 1 is 1.28 bits per heavy atom. The van der Waals surface area contributed by atoms with Crippen LogP contribution >= 0.6 is 0 Å². The van der Waals surface area contributed by atoms with Crippen molar-refractivity contribution in [2.24, 2.45) is 5.92 Å². The summed E-state index contributed by atoms with van der Waals surface area (Å²) >= 11 is 0. The number of carbonyl (C=O) groups is 2. The molecule has 0 unspecified atom stereocenters. The molecule has 1 aliphatic rings. The number of piperidine rings is 1. The normalized spacial score (nSPS) is 16.7. The van der Waals surface area contributed by atoms with Crippen LogP contribution in [0.3, 0.4) is 0 Å². The third-order valence-electron chi connectivity index (χ3n) is 5.04. The molecule has 2 aromatic rings. The van der Waals surface area contributed by atoms with Gasteiger partial charge in [-0.05, 0) is 55.0 Å². The molecule has 1 atom stereocenters. The fraction of sp³-hybridized carbons (Fsp3) is 0.429. The molecule has 1 aromatic heterocycles. The van der Waals surface area contributed by atoms with Crippen LogP contribution in [0.4, 0.5) is 10.3 Å². The van der Waals surface area contributed by atoms with Crippen LogP contribution in [0.25, 0.3) is 0 Å². The van der Waals surface area contributed by atoms with Crippen molar-refractivity contribution in [2.75, 3.05) is 25.4 Å². The smallest absolute Gasteiger partial charge is 0.272 e. The molecule has 8 heteroatoms. The van der Waals surface area contributed by atoms with Gasteiger partial charge in [0.2, 0.25) is 5.95 Å². The number of anilines is 1. The number of carbonyl (C=O) groups excluding carboxylic acids is 2. The van der Waals surface area contributed by atoms with Crippen molar-refractivity contribution in [1.82, 2.24) is 20.2 Å². The summed E-state index contributed by atoms with van der Waals surface area (Å²) < 4.78 is 13.0. The second-order valence-corrected chi connectivity index (χ2v) is 7.67. The SMILES string of the molecule is CC(C)c1cc(C(=O)N2CCC[C@@H](CNC(=O)c3ccc(F)cc3)C2)nc(N)n1. The summed E-state index contributed by atoms with van der Waals surface area (Å²) in [5.74, 6) is -0.425. The second kappa shape index (κ2) is 8.98.